The van der Waals surface area contributed by atoms with Gasteiger partial charge in [0, 0.05) is 12.2 Å². The van der Waals surface area contributed by atoms with Crippen molar-refractivity contribution in [2.45, 2.75) is 19.9 Å². The highest BCUT2D eigenvalue weighted by Crippen LogP contribution is 2.26. The number of fused-ring (bicyclic) bond motifs is 1. The normalized spacial score (nSPS) is 11.5. The molecule has 0 atom stereocenters. The van der Waals surface area contributed by atoms with Crippen LogP contribution in [0.3, 0.4) is 0 Å². The Morgan fingerprint density at radius 1 is 1.33 bits per heavy atom. The van der Waals surface area contributed by atoms with Crippen LogP contribution >= 0.6 is 0 Å². The van der Waals surface area contributed by atoms with Crippen molar-refractivity contribution in [3.63, 3.8) is 0 Å². The number of nitrogens with zero attached hydrogens (tertiary/aromatic N) is 5. The number of nitrogen functional groups attached to an aromatic ring is 1. The van der Waals surface area contributed by atoms with Crippen molar-refractivity contribution in [2.24, 2.45) is 0 Å². The van der Waals surface area contributed by atoms with Crippen molar-refractivity contribution >= 4 is 17.1 Å². The SMILES string of the molecule is CC(C)n1nccc1-c1nc(N)nc2nc[nH]c12. The van der Waals surface area contributed by atoms with Gasteiger partial charge in [0.15, 0.2) is 5.65 Å². The van der Waals surface area contributed by atoms with Gasteiger partial charge >= 0.3 is 0 Å². The molecular weight excluding hydrogens is 230 g/mol. The summed E-state index contributed by atoms with van der Waals surface area (Å²) < 4.78 is 1.89. The molecule has 18 heavy (non-hydrogen) atoms. The Hall–Kier alpha value is -2.44. The maximum atomic E-state index is 5.71. The molecule has 0 aliphatic carbocycles. The van der Waals surface area contributed by atoms with Gasteiger partial charge in [0.05, 0.1) is 12.0 Å². The summed E-state index contributed by atoms with van der Waals surface area (Å²) in [6.45, 7) is 4.12. The summed E-state index contributed by atoms with van der Waals surface area (Å²) in [5.41, 5.74) is 8.66. The molecule has 0 radical (unpaired) electrons. The van der Waals surface area contributed by atoms with E-state index in [-0.39, 0.29) is 12.0 Å². The Morgan fingerprint density at radius 2 is 2.17 bits per heavy atom. The fourth-order valence-corrected chi connectivity index (χ4v) is 1.95. The lowest BCUT2D eigenvalue weighted by Crippen LogP contribution is -2.07. The molecule has 0 saturated carbocycles. The number of anilines is 1. The summed E-state index contributed by atoms with van der Waals surface area (Å²) in [5.74, 6) is 0.209. The highest BCUT2D eigenvalue weighted by atomic mass is 15.3. The number of hydrogen-bond acceptors (Lipinski definition) is 5. The van der Waals surface area contributed by atoms with Crippen LogP contribution in [0.2, 0.25) is 0 Å². The minimum atomic E-state index is 0.209. The Morgan fingerprint density at radius 3 is 2.94 bits per heavy atom. The predicted octanol–water partition coefficient (Wildman–Crippen LogP) is 1.38. The van der Waals surface area contributed by atoms with E-state index in [4.69, 9.17) is 5.73 Å². The van der Waals surface area contributed by atoms with Gasteiger partial charge in [-0.1, -0.05) is 0 Å². The van der Waals surface area contributed by atoms with Crippen molar-refractivity contribution < 1.29 is 0 Å². The van der Waals surface area contributed by atoms with Crippen molar-refractivity contribution in [2.75, 3.05) is 5.73 Å². The first-order valence-corrected chi connectivity index (χ1v) is 5.67. The molecule has 3 aromatic rings. The minimum Gasteiger partial charge on any atom is -0.368 e. The summed E-state index contributed by atoms with van der Waals surface area (Å²) in [7, 11) is 0. The van der Waals surface area contributed by atoms with Gasteiger partial charge in [-0.3, -0.25) is 4.68 Å². The molecule has 3 aromatic heterocycles. The van der Waals surface area contributed by atoms with Gasteiger partial charge < -0.3 is 10.7 Å². The van der Waals surface area contributed by atoms with Crippen LogP contribution in [0.5, 0.6) is 0 Å². The van der Waals surface area contributed by atoms with E-state index < -0.39 is 0 Å². The van der Waals surface area contributed by atoms with Gasteiger partial charge in [-0.25, -0.2) is 9.97 Å². The van der Waals surface area contributed by atoms with Crippen LogP contribution in [0.25, 0.3) is 22.6 Å². The van der Waals surface area contributed by atoms with Gasteiger partial charge in [0.2, 0.25) is 5.95 Å². The number of rotatable bonds is 2. The summed E-state index contributed by atoms with van der Waals surface area (Å²) >= 11 is 0. The monoisotopic (exact) mass is 243 g/mol. The quantitative estimate of drug-likeness (QED) is 0.708. The molecule has 0 aromatic carbocycles. The van der Waals surface area contributed by atoms with Crippen LogP contribution in [-0.4, -0.2) is 29.7 Å². The number of nitrogens with two attached hydrogens (primary N) is 1. The summed E-state index contributed by atoms with van der Waals surface area (Å²) in [6.07, 6.45) is 3.33. The minimum absolute atomic E-state index is 0.209. The van der Waals surface area contributed by atoms with E-state index in [9.17, 15) is 0 Å². The number of aromatic amines is 1. The van der Waals surface area contributed by atoms with E-state index in [1.165, 1.54) is 0 Å². The van der Waals surface area contributed by atoms with E-state index in [2.05, 4.69) is 38.9 Å². The van der Waals surface area contributed by atoms with E-state index >= 15 is 0 Å². The van der Waals surface area contributed by atoms with Crippen molar-refractivity contribution in [1.82, 2.24) is 29.7 Å². The van der Waals surface area contributed by atoms with Crippen LogP contribution in [0.1, 0.15) is 19.9 Å². The first-order chi connectivity index (χ1) is 8.66. The van der Waals surface area contributed by atoms with E-state index in [0.29, 0.717) is 5.65 Å². The number of aromatic nitrogens is 6. The summed E-state index contributed by atoms with van der Waals surface area (Å²) in [4.78, 5) is 15.5. The summed E-state index contributed by atoms with van der Waals surface area (Å²) in [5, 5.41) is 4.29. The standard InChI is InChI=1S/C11H13N7/c1-6(2)18-7(3-4-15-18)8-9-10(14-5-13-9)17-11(12)16-8/h3-6H,1-2H3,(H3,12,13,14,16,17). The lowest BCUT2D eigenvalue weighted by atomic mass is 10.2. The molecular formula is C11H13N7. The first-order valence-electron chi connectivity index (χ1n) is 5.67. The molecule has 0 aliphatic rings. The average Bonchev–Trinajstić information content (AvgIpc) is 2.95. The molecule has 3 heterocycles. The Bertz CT molecular complexity index is 694. The van der Waals surface area contributed by atoms with Crippen molar-refractivity contribution in [3.8, 4) is 11.4 Å². The molecule has 7 heteroatoms. The van der Waals surface area contributed by atoms with Gasteiger partial charge in [0.25, 0.3) is 0 Å². The Kier molecular flexibility index (Phi) is 2.26. The molecule has 0 bridgehead atoms. The van der Waals surface area contributed by atoms with Gasteiger partial charge in [-0.15, -0.1) is 0 Å². The smallest absolute Gasteiger partial charge is 0.222 e. The van der Waals surface area contributed by atoms with Gasteiger partial charge in [-0.05, 0) is 19.9 Å². The zero-order valence-corrected chi connectivity index (χ0v) is 10.1. The molecule has 7 nitrogen and oxygen atoms in total. The predicted molar refractivity (Wildman–Crippen MR) is 67.7 cm³/mol. The third-order valence-electron chi connectivity index (χ3n) is 2.70. The number of imidazole rings is 1. The first kappa shape index (κ1) is 10.7. The van der Waals surface area contributed by atoms with Crippen LogP contribution < -0.4 is 5.73 Å². The fourth-order valence-electron chi connectivity index (χ4n) is 1.95. The number of H-pyrrole nitrogens is 1. The number of nitrogens with one attached hydrogen (secondary N) is 1. The van der Waals surface area contributed by atoms with Crippen LogP contribution in [0.4, 0.5) is 5.95 Å². The second-order valence-electron chi connectivity index (χ2n) is 4.29. The zero-order valence-electron chi connectivity index (χ0n) is 10.1. The maximum Gasteiger partial charge on any atom is 0.222 e. The zero-order chi connectivity index (χ0) is 12.7. The topological polar surface area (TPSA) is 98.3 Å². The molecule has 0 unspecified atom stereocenters. The van der Waals surface area contributed by atoms with E-state index in [1.54, 1.807) is 12.5 Å². The summed E-state index contributed by atoms with van der Waals surface area (Å²) in [6, 6.07) is 2.14. The molecule has 92 valence electrons. The highest BCUT2D eigenvalue weighted by molar-refractivity contribution is 5.86. The Balaban J connectivity index is 2.30. The van der Waals surface area contributed by atoms with Crippen LogP contribution in [0, 0.1) is 0 Å². The van der Waals surface area contributed by atoms with E-state index in [0.717, 1.165) is 16.9 Å². The third-order valence-corrected chi connectivity index (χ3v) is 2.70. The molecule has 0 fully saturated rings. The number of hydrogen-bond donors (Lipinski definition) is 2. The fraction of sp³-hybridized carbons (Fsp3) is 0.273. The van der Waals surface area contributed by atoms with Gasteiger partial charge in [0.1, 0.15) is 11.2 Å². The molecule has 0 aliphatic heterocycles. The van der Waals surface area contributed by atoms with Gasteiger partial charge in [-0.2, -0.15) is 10.1 Å². The van der Waals surface area contributed by atoms with Crippen molar-refractivity contribution in [1.29, 1.82) is 0 Å². The molecule has 0 saturated heterocycles. The molecule has 3 N–H and O–H groups in total. The lowest BCUT2D eigenvalue weighted by molar-refractivity contribution is 0.538. The Labute approximate surface area is 103 Å². The molecule has 0 spiro atoms. The van der Waals surface area contributed by atoms with E-state index in [1.807, 2.05) is 10.7 Å². The third kappa shape index (κ3) is 1.52. The highest BCUT2D eigenvalue weighted by Gasteiger charge is 2.15. The second kappa shape index (κ2) is 3.80. The van der Waals surface area contributed by atoms with Crippen molar-refractivity contribution in [3.05, 3.63) is 18.6 Å². The second-order valence-corrected chi connectivity index (χ2v) is 4.29. The van der Waals surface area contributed by atoms with Crippen LogP contribution in [-0.2, 0) is 0 Å². The lowest BCUT2D eigenvalue weighted by Gasteiger charge is -2.10. The maximum absolute atomic E-state index is 5.71. The molecule has 3 rings (SSSR count). The largest absolute Gasteiger partial charge is 0.368 e. The molecule has 0 amide bonds. The van der Waals surface area contributed by atoms with Crippen LogP contribution in [0.15, 0.2) is 18.6 Å². The average molecular weight is 243 g/mol.